The second-order valence-electron chi connectivity index (χ2n) is 4.21. The van der Waals surface area contributed by atoms with Gasteiger partial charge in [0.15, 0.2) is 0 Å². The number of halogens is 1. The highest BCUT2D eigenvalue weighted by Crippen LogP contribution is 2.48. The van der Waals surface area contributed by atoms with Crippen molar-refractivity contribution in [1.82, 2.24) is 15.3 Å². The van der Waals surface area contributed by atoms with Crippen LogP contribution in [-0.4, -0.2) is 22.4 Å². The van der Waals surface area contributed by atoms with Crippen LogP contribution < -0.4 is 5.32 Å². The Kier molecular flexibility index (Phi) is 3.54. The molecule has 1 aliphatic carbocycles. The molecule has 15 heavy (non-hydrogen) atoms. The zero-order valence-corrected chi connectivity index (χ0v) is 9.50. The van der Waals surface area contributed by atoms with Crippen molar-refractivity contribution in [3.8, 4) is 0 Å². The molecule has 0 unspecified atom stereocenters. The van der Waals surface area contributed by atoms with E-state index in [4.69, 9.17) is 11.6 Å². The van der Waals surface area contributed by atoms with E-state index in [9.17, 15) is 0 Å². The van der Waals surface area contributed by atoms with Crippen molar-refractivity contribution in [3.63, 3.8) is 0 Å². The van der Waals surface area contributed by atoms with E-state index in [-0.39, 0.29) is 0 Å². The van der Waals surface area contributed by atoms with Crippen LogP contribution >= 0.6 is 11.6 Å². The third-order valence-corrected chi connectivity index (χ3v) is 3.17. The SMILES string of the molecule is ClCCC1(CNCc2ncccn2)CC1. The second kappa shape index (κ2) is 4.90. The molecule has 0 aromatic carbocycles. The quantitative estimate of drug-likeness (QED) is 0.753. The average molecular weight is 226 g/mol. The molecule has 3 nitrogen and oxygen atoms in total. The van der Waals surface area contributed by atoms with Crippen molar-refractivity contribution in [3.05, 3.63) is 24.3 Å². The lowest BCUT2D eigenvalue weighted by Gasteiger charge is -2.13. The van der Waals surface area contributed by atoms with Crippen LogP contribution in [0.2, 0.25) is 0 Å². The molecule has 82 valence electrons. The highest BCUT2D eigenvalue weighted by Gasteiger charge is 2.41. The van der Waals surface area contributed by atoms with Gasteiger partial charge in [-0.3, -0.25) is 0 Å². The first-order chi connectivity index (χ1) is 7.35. The summed E-state index contributed by atoms with van der Waals surface area (Å²) < 4.78 is 0. The van der Waals surface area contributed by atoms with Crippen LogP contribution in [0.5, 0.6) is 0 Å². The third kappa shape index (κ3) is 3.14. The van der Waals surface area contributed by atoms with Gasteiger partial charge in [0.05, 0.1) is 6.54 Å². The monoisotopic (exact) mass is 225 g/mol. The minimum atomic E-state index is 0.483. The minimum Gasteiger partial charge on any atom is -0.309 e. The Labute approximate surface area is 95.3 Å². The molecule has 0 radical (unpaired) electrons. The van der Waals surface area contributed by atoms with E-state index < -0.39 is 0 Å². The Morgan fingerprint density at radius 2 is 2.07 bits per heavy atom. The van der Waals surface area contributed by atoms with Crippen LogP contribution in [0.4, 0.5) is 0 Å². The maximum absolute atomic E-state index is 5.77. The molecule has 1 saturated carbocycles. The maximum Gasteiger partial charge on any atom is 0.141 e. The van der Waals surface area contributed by atoms with Crippen LogP contribution in [0.3, 0.4) is 0 Å². The Hall–Kier alpha value is -0.670. The zero-order valence-electron chi connectivity index (χ0n) is 8.75. The van der Waals surface area contributed by atoms with E-state index in [1.165, 1.54) is 12.8 Å². The molecule has 1 aromatic rings. The van der Waals surface area contributed by atoms with E-state index in [1.54, 1.807) is 12.4 Å². The molecule has 1 N–H and O–H groups in total. The van der Waals surface area contributed by atoms with Gasteiger partial charge in [0.1, 0.15) is 5.82 Å². The zero-order chi connectivity index (χ0) is 10.6. The highest BCUT2D eigenvalue weighted by molar-refractivity contribution is 6.17. The van der Waals surface area contributed by atoms with Gasteiger partial charge in [-0.05, 0) is 30.7 Å². The van der Waals surface area contributed by atoms with E-state index in [2.05, 4.69) is 15.3 Å². The van der Waals surface area contributed by atoms with Crippen LogP contribution in [0.25, 0.3) is 0 Å². The molecule has 0 amide bonds. The molecular formula is C11H16ClN3. The number of nitrogens with zero attached hydrogens (tertiary/aromatic N) is 2. The van der Waals surface area contributed by atoms with Crippen LogP contribution in [-0.2, 0) is 6.54 Å². The van der Waals surface area contributed by atoms with Crippen LogP contribution in [0.1, 0.15) is 25.1 Å². The minimum absolute atomic E-state index is 0.483. The number of aromatic nitrogens is 2. The van der Waals surface area contributed by atoms with Crippen LogP contribution in [0.15, 0.2) is 18.5 Å². The van der Waals surface area contributed by atoms with Gasteiger partial charge in [0, 0.05) is 24.8 Å². The summed E-state index contributed by atoms with van der Waals surface area (Å²) in [5.41, 5.74) is 0.483. The van der Waals surface area contributed by atoms with Crippen molar-refractivity contribution in [1.29, 1.82) is 0 Å². The summed E-state index contributed by atoms with van der Waals surface area (Å²) in [4.78, 5) is 8.33. The molecule has 0 bridgehead atoms. The van der Waals surface area contributed by atoms with Gasteiger partial charge in [0.25, 0.3) is 0 Å². The lowest BCUT2D eigenvalue weighted by atomic mass is 10.0. The first-order valence-electron chi connectivity index (χ1n) is 5.37. The summed E-state index contributed by atoms with van der Waals surface area (Å²) in [7, 11) is 0. The topological polar surface area (TPSA) is 37.8 Å². The number of nitrogens with one attached hydrogen (secondary N) is 1. The largest absolute Gasteiger partial charge is 0.309 e. The van der Waals surface area contributed by atoms with Crippen molar-refractivity contribution < 1.29 is 0 Å². The van der Waals surface area contributed by atoms with E-state index in [0.29, 0.717) is 5.41 Å². The first-order valence-corrected chi connectivity index (χ1v) is 5.91. The fraction of sp³-hybridized carbons (Fsp3) is 0.636. The van der Waals surface area contributed by atoms with Crippen molar-refractivity contribution in [2.24, 2.45) is 5.41 Å². The predicted molar refractivity (Wildman–Crippen MR) is 60.7 cm³/mol. The molecule has 2 rings (SSSR count). The summed E-state index contributed by atoms with van der Waals surface area (Å²) in [5.74, 6) is 1.63. The summed E-state index contributed by atoms with van der Waals surface area (Å²) in [6, 6.07) is 1.83. The molecule has 1 heterocycles. The Balaban J connectivity index is 1.71. The maximum atomic E-state index is 5.77. The van der Waals surface area contributed by atoms with Crippen molar-refractivity contribution in [2.75, 3.05) is 12.4 Å². The standard InChI is InChI=1S/C11H16ClN3/c12-5-4-11(2-3-11)9-13-8-10-14-6-1-7-15-10/h1,6-7,13H,2-5,8-9H2. The van der Waals surface area contributed by atoms with Crippen molar-refractivity contribution >= 4 is 11.6 Å². The average Bonchev–Trinajstić information content (AvgIpc) is 3.00. The Bertz CT molecular complexity index is 298. The molecule has 0 aliphatic heterocycles. The fourth-order valence-corrected chi connectivity index (χ4v) is 2.15. The predicted octanol–water partition coefficient (Wildman–Crippen LogP) is 1.98. The van der Waals surface area contributed by atoms with Gasteiger partial charge >= 0.3 is 0 Å². The third-order valence-electron chi connectivity index (χ3n) is 2.98. The summed E-state index contributed by atoms with van der Waals surface area (Å²) in [5, 5.41) is 3.41. The number of hydrogen-bond acceptors (Lipinski definition) is 3. The number of alkyl halides is 1. The smallest absolute Gasteiger partial charge is 0.141 e. The van der Waals surface area contributed by atoms with Gasteiger partial charge in [-0.25, -0.2) is 9.97 Å². The van der Waals surface area contributed by atoms with Gasteiger partial charge in [0.2, 0.25) is 0 Å². The lowest BCUT2D eigenvalue weighted by molar-refractivity contribution is 0.442. The van der Waals surface area contributed by atoms with E-state index in [0.717, 1.165) is 31.2 Å². The van der Waals surface area contributed by atoms with Gasteiger partial charge in [-0.15, -0.1) is 11.6 Å². The lowest BCUT2D eigenvalue weighted by Crippen LogP contribution is -2.24. The molecule has 1 aromatic heterocycles. The van der Waals surface area contributed by atoms with Gasteiger partial charge in [-0.2, -0.15) is 0 Å². The molecule has 1 aliphatic rings. The second-order valence-corrected chi connectivity index (χ2v) is 4.59. The van der Waals surface area contributed by atoms with Crippen molar-refractivity contribution in [2.45, 2.75) is 25.8 Å². The number of hydrogen-bond donors (Lipinski definition) is 1. The molecule has 0 atom stereocenters. The highest BCUT2D eigenvalue weighted by atomic mass is 35.5. The molecular weight excluding hydrogens is 210 g/mol. The molecule has 4 heteroatoms. The number of rotatable bonds is 6. The van der Waals surface area contributed by atoms with Crippen LogP contribution in [0, 0.1) is 5.41 Å². The Morgan fingerprint density at radius 3 is 2.67 bits per heavy atom. The van der Waals surface area contributed by atoms with E-state index in [1.807, 2.05) is 6.07 Å². The van der Waals surface area contributed by atoms with Gasteiger partial charge < -0.3 is 5.32 Å². The first kappa shape index (κ1) is 10.8. The Morgan fingerprint density at radius 1 is 1.33 bits per heavy atom. The summed E-state index contributed by atoms with van der Waals surface area (Å²) >= 11 is 5.77. The van der Waals surface area contributed by atoms with E-state index >= 15 is 0 Å². The molecule has 0 saturated heterocycles. The summed E-state index contributed by atoms with van der Waals surface area (Å²) in [6.45, 7) is 1.79. The molecule has 0 spiro atoms. The molecule has 1 fully saturated rings. The summed E-state index contributed by atoms with van der Waals surface area (Å²) in [6.07, 6.45) is 7.28. The van der Waals surface area contributed by atoms with Gasteiger partial charge in [-0.1, -0.05) is 0 Å². The fourth-order valence-electron chi connectivity index (χ4n) is 1.75. The normalized spacial score (nSPS) is 17.7.